The summed E-state index contributed by atoms with van der Waals surface area (Å²) in [7, 11) is 1.93. The van der Waals surface area contributed by atoms with Gasteiger partial charge in [-0.1, -0.05) is 51.6 Å². The number of halogens is 1. The third-order valence-corrected chi connectivity index (χ3v) is 5.57. The maximum Gasteiger partial charge on any atom is 0.251 e. The molecule has 0 aliphatic carbocycles. The fourth-order valence-electron chi connectivity index (χ4n) is 3.47. The zero-order valence-electron chi connectivity index (χ0n) is 20.7. The van der Waals surface area contributed by atoms with Crippen molar-refractivity contribution in [3.05, 3.63) is 59.3 Å². The average molecular weight is 503 g/mol. The molecule has 2 heterocycles. The van der Waals surface area contributed by atoms with Crippen molar-refractivity contribution >= 4 is 17.0 Å². The predicted molar refractivity (Wildman–Crippen MR) is 132 cm³/mol. The number of aryl methyl sites for hydroxylation is 1. The van der Waals surface area contributed by atoms with E-state index in [1.54, 1.807) is 12.7 Å². The first-order chi connectivity index (χ1) is 14.8. The minimum Gasteiger partial charge on any atom is -1.00 e. The molecule has 5 nitrogen and oxygen atoms in total. The van der Waals surface area contributed by atoms with Crippen molar-refractivity contribution in [1.82, 2.24) is 14.5 Å². The summed E-state index contributed by atoms with van der Waals surface area (Å²) in [6.07, 6.45) is 19.6. The normalized spacial score (nSPS) is 12.8. The van der Waals surface area contributed by atoms with E-state index < -0.39 is 0 Å². The van der Waals surface area contributed by atoms with Gasteiger partial charge in [0.25, 0.3) is 5.82 Å². The largest absolute Gasteiger partial charge is 1.00 e. The van der Waals surface area contributed by atoms with Gasteiger partial charge in [-0.3, -0.25) is 0 Å². The maximum absolute atomic E-state index is 6.27. The molecule has 2 N–H and O–H groups in total. The third-order valence-electron chi connectivity index (χ3n) is 5.57. The fourth-order valence-corrected chi connectivity index (χ4v) is 3.47. The molecule has 0 aliphatic heterocycles. The van der Waals surface area contributed by atoms with Crippen LogP contribution in [-0.2, 0) is 13.6 Å². The number of nitrogens with zero attached hydrogens (tertiary/aromatic N) is 4. The van der Waals surface area contributed by atoms with Crippen molar-refractivity contribution in [2.75, 3.05) is 5.73 Å². The Morgan fingerprint density at radius 3 is 1.97 bits per heavy atom. The Hall–Kier alpha value is -2.21. The second-order valence-electron chi connectivity index (χ2n) is 8.86. The lowest BCUT2D eigenvalue weighted by Gasteiger charge is -2.04. The highest BCUT2D eigenvalue weighted by molar-refractivity contribution is 5.79. The molecule has 6 heteroatoms. The van der Waals surface area contributed by atoms with Crippen LogP contribution in [0.25, 0.3) is 11.2 Å². The molecular weight excluding hydrogens is 462 g/mol. The molecule has 0 amide bonds. The Kier molecular flexibility index (Phi) is 12.2. The van der Waals surface area contributed by atoms with E-state index in [0.717, 1.165) is 49.8 Å². The van der Waals surface area contributed by atoms with E-state index in [1.807, 2.05) is 16.2 Å². The summed E-state index contributed by atoms with van der Waals surface area (Å²) in [4.78, 5) is 8.82. The number of nitrogens with two attached hydrogens (primary N) is 1. The molecule has 0 unspecified atom stereocenters. The van der Waals surface area contributed by atoms with Gasteiger partial charge in [0.05, 0.1) is 12.9 Å². The van der Waals surface area contributed by atoms with Gasteiger partial charge in [0, 0.05) is 7.05 Å². The first kappa shape index (κ1) is 27.8. The number of nitrogen functional groups attached to an aromatic ring is 1. The van der Waals surface area contributed by atoms with E-state index in [4.69, 9.17) is 5.73 Å². The quantitative estimate of drug-likeness (QED) is 0.380. The maximum atomic E-state index is 6.27. The number of hydrogen-bond donors (Lipinski definition) is 1. The Morgan fingerprint density at radius 1 is 0.875 bits per heavy atom. The summed E-state index contributed by atoms with van der Waals surface area (Å²) < 4.78 is 3.83. The Balaban J connectivity index is 0.00000512. The van der Waals surface area contributed by atoms with Gasteiger partial charge in [-0.15, -0.1) is 0 Å². The lowest BCUT2D eigenvalue weighted by atomic mass is 10.0. The predicted octanol–water partition coefficient (Wildman–Crippen LogP) is 2.99. The van der Waals surface area contributed by atoms with Crippen LogP contribution in [0.4, 0.5) is 5.82 Å². The van der Waals surface area contributed by atoms with Crippen molar-refractivity contribution in [3.8, 4) is 0 Å². The van der Waals surface area contributed by atoms with Gasteiger partial charge in [-0.25, -0.2) is 9.55 Å². The van der Waals surface area contributed by atoms with Gasteiger partial charge in [0.1, 0.15) is 0 Å². The topological polar surface area (TPSA) is 60.6 Å². The molecular formula is C26H40BrN5. The van der Waals surface area contributed by atoms with E-state index in [9.17, 15) is 0 Å². The van der Waals surface area contributed by atoms with Gasteiger partial charge >= 0.3 is 0 Å². The van der Waals surface area contributed by atoms with Crippen molar-refractivity contribution in [2.45, 2.75) is 79.7 Å². The minimum absolute atomic E-state index is 0. The monoisotopic (exact) mass is 501 g/mol. The van der Waals surface area contributed by atoms with Gasteiger partial charge in [0.15, 0.2) is 5.52 Å². The molecule has 0 fully saturated rings. The Bertz CT molecular complexity index is 991. The van der Waals surface area contributed by atoms with E-state index in [-0.39, 0.29) is 17.0 Å². The summed E-state index contributed by atoms with van der Waals surface area (Å²) in [5, 5.41) is 0. The first-order valence-corrected chi connectivity index (χ1v) is 11.3. The Morgan fingerprint density at radius 2 is 1.41 bits per heavy atom. The van der Waals surface area contributed by atoms with Crippen LogP contribution < -0.4 is 27.3 Å². The average Bonchev–Trinajstić information content (AvgIpc) is 3.09. The molecule has 0 spiro atoms. The molecule has 0 aliphatic rings. The second-order valence-corrected chi connectivity index (χ2v) is 8.86. The van der Waals surface area contributed by atoms with Crippen molar-refractivity contribution < 1.29 is 21.5 Å². The van der Waals surface area contributed by atoms with Crippen LogP contribution >= 0.6 is 0 Å². The summed E-state index contributed by atoms with van der Waals surface area (Å²) in [5.74, 6) is 0.662. The zero-order valence-corrected chi connectivity index (χ0v) is 22.2. The van der Waals surface area contributed by atoms with Crippen molar-refractivity contribution in [1.29, 1.82) is 0 Å². The molecule has 0 bridgehead atoms. The fraction of sp³-hybridized carbons (Fsp3) is 0.500. The molecule has 2 rings (SSSR count). The molecule has 32 heavy (non-hydrogen) atoms. The highest BCUT2D eigenvalue weighted by Crippen LogP contribution is 2.14. The Labute approximate surface area is 204 Å². The highest BCUT2D eigenvalue weighted by Gasteiger charge is 2.14. The van der Waals surface area contributed by atoms with E-state index in [1.165, 1.54) is 28.7 Å². The lowest BCUT2D eigenvalue weighted by Crippen LogP contribution is -3.00. The van der Waals surface area contributed by atoms with E-state index >= 15 is 0 Å². The van der Waals surface area contributed by atoms with Crippen LogP contribution in [0, 0.1) is 0 Å². The van der Waals surface area contributed by atoms with Crippen LogP contribution in [0.5, 0.6) is 0 Å². The molecule has 2 aromatic heterocycles. The van der Waals surface area contributed by atoms with Crippen LogP contribution in [0.2, 0.25) is 0 Å². The number of imidazole rings is 1. The summed E-state index contributed by atoms with van der Waals surface area (Å²) >= 11 is 0. The molecule has 0 saturated heterocycles. The van der Waals surface area contributed by atoms with Crippen molar-refractivity contribution in [2.24, 2.45) is 7.05 Å². The van der Waals surface area contributed by atoms with Gasteiger partial charge < -0.3 is 27.3 Å². The first-order valence-electron chi connectivity index (χ1n) is 11.3. The zero-order chi connectivity index (χ0) is 22.8. The highest BCUT2D eigenvalue weighted by atomic mass is 79.9. The van der Waals surface area contributed by atoms with Crippen LogP contribution in [-0.4, -0.2) is 14.5 Å². The summed E-state index contributed by atoms with van der Waals surface area (Å²) in [5.41, 5.74) is 13.6. The van der Waals surface area contributed by atoms with E-state index in [0.29, 0.717) is 5.82 Å². The van der Waals surface area contributed by atoms with Crippen molar-refractivity contribution in [3.63, 3.8) is 0 Å². The molecule has 2 aromatic rings. The standard InChI is InChI=1S/C26H39N5.BrH/c1-20(2)10-7-11-21(3)12-8-13-22(4)14-9-15-23(5)16-17-31-19-29-26-24(25(31)27)28-18-30(26)6;/h10,12,14,16,18-19,27H,7-9,11,13,15,17H2,1-6H3;1H/b21-12+,22-14+,23-16+;. The molecule has 0 atom stereocenters. The number of aromatic nitrogens is 4. The number of anilines is 1. The number of rotatable bonds is 11. The van der Waals surface area contributed by atoms with Crippen LogP contribution in [0.15, 0.2) is 59.3 Å². The van der Waals surface area contributed by atoms with Crippen LogP contribution in [0.3, 0.4) is 0 Å². The second kappa shape index (κ2) is 14.0. The number of allylic oxidation sites excluding steroid dienone is 8. The van der Waals surface area contributed by atoms with Gasteiger partial charge in [0.2, 0.25) is 12.0 Å². The van der Waals surface area contributed by atoms with Gasteiger partial charge in [-0.05, 0) is 73.1 Å². The van der Waals surface area contributed by atoms with Gasteiger partial charge in [-0.2, -0.15) is 0 Å². The SMILES string of the molecule is CC(C)=CCC/C(C)=C/CC/C(C)=C/CC/C(C)=C/C[n+]1cnc2c(ncn2C)c1N.[Br-]. The molecule has 0 aromatic carbocycles. The summed E-state index contributed by atoms with van der Waals surface area (Å²) in [6.45, 7) is 11.7. The number of fused-ring (bicyclic) bond motifs is 1. The summed E-state index contributed by atoms with van der Waals surface area (Å²) in [6, 6.07) is 0. The molecule has 0 saturated carbocycles. The minimum atomic E-state index is 0. The lowest BCUT2D eigenvalue weighted by molar-refractivity contribution is -0.674. The van der Waals surface area contributed by atoms with Crippen LogP contribution in [0.1, 0.15) is 73.1 Å². The third kappa shape index (κ3) is 9.11. The molecule has 176 valence electrons. The van der Waals surface area contributed by atoms with E-state index in [2.05, 4.69) is 68.9 Å². The smallest absolute Gasteiger partial charge is 0.251 e. The number of hydrogen-bond acceptors (Lipinski definition) is 3. The molecule has 0 radical (unpaired) electrons.